The Labute approximate surface area is 137 Å². The van der Waals surface area contributed by atoms with E-state index in [-0.39, 0.29) is 5.75 Å². The van der Waals surface area contributed by atoms with Crippen LogP contribution in [0.1, 0.15) is 25.3 Å². The summed E-state index contributed by atoms with van der Waals surface area (Å²) >= 11 is 6.19. The SMILES string of the molecule is CCS(=O)(=O)c1c(Cl)cccc1CN1CCC2(CCNC2)C1. The molecule has 0 saturated carbocycles. The summed E-state index contributed by atoms with van der Waals surface area (Å²) in [5.41, 5.74) is 1.22. The summed E-state index contributed by atoms with van der Waals surface area (Å²) < 4.78 is 24.7. The molecule has 122 valence electrons. The number of benzene rings is 1. The van der Waals surface area contributed by atoms with Gasteiger partial charge in [-0.05, 0) is 43.0 Å². The summed E-state index contributed by atoms with van der Waals surface area (Å²) in [5, 5.41) is 3.79. The molecule has 4 nitrogen and oxygen atoms in total. The second kappa shape index (κ2) is 6.11. The molecule has 1 aromatic rings. The standard InChI is InChI=1S/C16H23ClN2O2S/c1-2-22(20,21)15-13(4-3-5-14(15)17)10-19-9-7-16(12-19)6-8-18-11-16/h3-5,18H,2,6-12H2,1H3. The number of hydrogen-bond acceptors (Lipinski definition) is 4. The third-order valence-corrected chi connectivity index (χ3v) is 7.27. The van der Waals surface area contributed by atoms with Crippen molar-refractivity contribution in [3.63, 3.8) is 0 Å². The van der Waals surface area contributed by atoms with Gasteiger partial charge < -0.3 is 5.32 Å². The van der Waals surface area contributed by atoms with Crippen LogP contribution in [-0.2, 0) is 16.4 Å². The van der Waals surface area contributed by atoms with Crippen LogP contribution in [0.4, 0.5) is 0 Å². The van der Waals surface area contributed by atoms with E-state index in [1.54, 1.807) is 13.0 Å². The first-order valence-electron chi connectivity index (χ1n) is 7.89. The topological polar surface area (TPSA) is 49.4 Å². The Balaban J connectivity index is 1.83. The molecule has 22 heavy (non-hydrogen) atoms. The Morgan fingerprint density at radius 2 is 2.18 bits per heavy atom. The maximum Gasteiger partial charge on any atom is 0.179 e. The molecular formula is C16H23ClN2O2S. The van der Waals surface area contributed by atoms with Crippen LogP contribution in [0.25, 0.3) is 0 Å². The second-order valence-corrected chi connectivity index (χ2v) is 9.14. The quantitative estimate of drug-likeness (QED) is 0.912. The molecule has 3 rings (SSSR count). The van der Waals surface area contributed by atoms with Gasteiger partial charge in [0.25, 0.3) is 0 Å². The zero-order valence-corrected chi connectivity index (χ0v) is 14.5. The highest BCUT2D eigenvalue weighted by atomic mass is 35.5. The van der Waals surface area contributed by atoms with Gasteiger partial charge in [-0.25, -0.2) is 8.42 Å². The molecule has 1 aromatic carbocycles. The van der Waals surface area contributed by atoms with Crippen LogP contribution in [0.5, 0.6) is 0 Å². The number of likely N-dealkylation sites (tertiary alicyclic amines) is 1. The molecule has 0 aliphatic carbocycles. The Kier molecular flexibility index (Phi) is 4.52. The molecule has 0 aromatic heterocycles. The predicted molar refractivity (Wildman–Crippen MR) is 89.0 cm³/mol. The lowest BCUT2D eigenvalue weighted by atomic mass is 9.86. The summed E-state index contributed by atoms with van der Waals surface area (Å²) in [7, 11) is -3.30. The van der Waals surface area contributed by atoms with Gasteiger partial charge in [0, 0.05) is 19.6 Å². The monoisotopic (exact) mass is 342 g/mol. The van der Waals surface area contributed by atoms with Crippen LogP contribution < -0.4 is 5.32 Å². The fourth-order valence-electron chi connectivity index (χ4n) is 3.72. The zero-order chi connectivity index (χ0) is 15.8. The number of rotatable bonds is 4. The third kappa shape index (κ3) is 3.04. The lowest BCUT2D eigenvalue weighted by molar-refractivity contribution is 0.267. The van der Waals surface area contributed by atoms with Crippen molar-refractivity contribution in [3.8, 4) is 0 Å². The second-order valence-electron chi connectivity index (χ2n) is 6.52. The van der Waals surface area contributed by atoms with Gasteiger partial charge in [0.15, 0.2) is 9.84 Å². The highest BCUT2D eigenvalue weighted by Gasteiger charge is 2.40. The normalized spacial score (nSPS) is 26.1. The highest BCUT2D eigenvalue weighted by molar-refractivity contribution is 7.91. The van der Waals surface area contributed by atoms with Gasteiger partial charge in [-0.1, -0.05) is 30.7 Å². The number of nitrogens with one attached hydrogen (secondary N) is 1. The fourth-order valence-corrected chi connectivity index (χ4v) is 5.45. The Morgan fingerprint density at radius 3 is 2.86 bits per heavy atom. The lowest BCUT2D eigenvalue weighted by Gasteiger charge is -2.23. The third-order valence-electron chi connectivity index (χ3n) is 4.98. The van der Waals surface area contributed by atoms with Crippen molar-refractivity contribution in [3.05, 3.63) is 28.8 Å². The van der Waals surface area contributed by atoms with E-state index in [1.807, 2.05) is 12.1 Å². The van der Waals surface area contributed by atoms with Crippen molar-refractivity contribution in [1.29, 1.82) is 0 Å². The van der Waals surface area contributed by atoms with E-state index in [0.29, 0.717) is 21.9 Å². The molecule has 1 N–H and O–H groups in total. The van der Waals surface area contributed by atoms with Crippen molar-refractivity contribution in [2.24, 2.45) is 5.41 Å². The van der Waals surface area contributed by atoms with E-state index < -0.39 is 9.84 Å². The average molecular weight is 343 g/mol. The smallest absolute Gasteiger partial charge is 0.179 e. The zero-order valence-electron chi connectivity index (χ0n) is 12.9. The van der Waals surface area contributed by atoms with E-state index in [4.69, 9.17) is 11.6 Å². The van der Waals surface area contributed by atoms with Crippen LogP contribution in [0, 0.1) is 5.41 Å². The lowest BCUT2D eigenvalue weighted by Crippen LogP contribution is -2.29. The minimum Gasteiger partial charge on any atom is -0.316 e. The van der Waals surface area contributed by atoms with Gasteiger partial charge >= 0.3 is 0 Å². The molecule has 1 atom stereocenters. The summed E-state index contributed by atoms with van der Waals surface area (Å²) in [6.45, 7) is 6.58. The molecule has 2 heterocycles. The van der Waals surface area contributed by atoms with Gasteiger partial charge in [0.05, 0.1) is 15.7 Å². The molecular weight excluding hydrogens is 320 g/mol. The van der Waals surface area contributed by atoms with Crippen molar-refractivity contribution in [2.45, 2.75) is 31.2 Å². The summed E-state index contributed by atoms with van der Waals surface area (Å²) in [5.74, 6) is 0.0809. The first kappa shape index (κ1) is 16.2. The molecule has 1 unspecified atom stereocenters. The van der Waals surface area contributed by atoms with E-state index in [9.17, 15) is 8.42 Å². The molecule has 6 heteroatoms. The largest absolute Gasteiger partial charge is 0.316 e. The van der Waals surface area contributed by atoms with Gasteiger partial charge in [0.2, 0.25) is 0 Å². The Hall–Kier alpha value is -0.620. The average Bonchev–Trinajstić information content (AvgIpc) is 3.09. The van der Waals surface area contributed by atoms with Crippen molar-refractivity contribution in [2.75, 3.05) is 31.9 Å². The van der Waals surface area contributed by atoms with E-state index >= 15 is 0 Å². The summed E-state index contributed by atoms with van der Waals surface area (Å²) in [6.07, 6.45) is 2.41. The van der Waals surface area contributed by atoms with Gasteiger partial charge in [-0.2, -0.15) is 0 Å². The minimum absolute atomic E-state index is 0.0809. The molecule has 2 fully saturated rings. The maximum absolute atomic E-state index is 12.4. The van der Waals surface area contributed by atoms with E-state index in [2.05, 4.69) is 10.2 Å². The van der Waals surface area contributed by atoms with Crippen molar-refractivity contribution in [1.82, 2.24) is 10.2 Å². The van der Waals surface area contributed by atoms with E-state index in [1.165, 1.54) is 12.8 Å². The first-order chi connectivity index (χ1) is 10.5. The number of nitrogens with zero attached hydrogens (tertiary/aromatic N) is 1. The van der Waals surface area contributed by atoms with Crippen LogP contribution >= 0.6 is 11.6 Å². The van der Waals surface area contributed by atoms with Crippen LogP contribution in [0.15, 0.2) is 23.1 Å². The van der Waals surface area contributed by atoms with Crippen LogP contribution in [0.2, 0.25) is 5.02 Å². The highest BCUT2D eigenvalue weighted by Crippen LogP contribution is 2.37. The summed E-state index contributed by atoms with van der Waals surface area (Å²) in [6, 6.07) is 5.40. The fraction of sp³-hybridized carbons (Fsp3) is 0.625. The Morgan fingerprint density at radius 1 is 1.36 bits per heavy atom. The van der Waals surface area contributed by atoms with E-state index in [0.717, 1.165) is 31.7 Å². The molecule has 2 aliphatic heterocycles. The minimum atomic E-state index is -3.30. The van der Waals surface area contributed by atoms with Gasteiger partial charge in [-0.15, -0.1) is 0 Å². The van der Waals surface area contributed by atoms with Crippen molar-refractivity contribution >= 4 is 21.4 Å². The molecule has 2 aliphatic rings. The molecule has 0 bridgehead atoms. The molecule has 0 amide bonds. The maximum atomic E-state index is 12.4. The molecule has 2 saturated heterocycles. The predicted octanol–water partition coefficient (Wildman–Crippen LogP) is 2.32. The van der Waals surface area contributed by atoms with Crippen molar-refractivity contribution < 1.29 is 8.42 Å². The molecule has 0 radical (unpaired) electrons. The first-order valence-corrected chi connectivity index (χ1v) is 9.92. The number of hydrogen-bond donors (Lipinski definition) is 1. The number of sulfone groups is 1. The molecule has 1 spiro atoms. The summed E-state index contributed by atoms with van der Waals surface area (Å²) in [4.78, 5) is 2.69. The Bertz CT molecular complexity index is 654. The van der Waals surface area contributed by atoms with Gasteiger partial charge in [0.1, 0.15) is 0 Å². The van der Waals surface area contributed by atoms with Crippen LogP contribution in [-0.4, -0.2) is 45.2 Å². The number of halogens is 1. The van der Waals surface area contributed by atoms with Crippen LogP contribution in [0.3, 0.4) is 0 Å². The van der Waals surface area contributed by atoms with Gasteiger partial charge in [-0.3, -0.25) is 4.90 Å².